The van der Waals surface area contributed by atoms with Crippen LogP contribution in [0.1, 0.15) is 12.5 Å². The van der Waals surface area contributed by atoms with E-state index in [9.17, 15) is 13.2 Å². The molecular formula is C19H20BrClN2O4S. The second kappa shape index (κ2) is 8.41. The Hall–Kier alpha value is -1.61. The van der Waals surface area contributed by atoms with Crippen molar-refractivity contribution < 1.29 is 17.9 Å². The van der Waals surface area contributed by atoms with Gasteiger partial charge < -0.3 is 9.64 Å². The first-order chi connectivity index (χ1) is 13.2. The highest BCUT2D eigenvalue weighted by molar-refractivity contribution is 9.10. The van der Waals surface area contributed by atoms with E-state index in [4.69, 9.17) is 16.3 Å². The molecule has 0 N–H and O–H groups in total. The Kier molecular flexibility index (Phi) is 6.34. The normalized spacial score (nSPS) is 13.7. The molecule has 2 aromatic carbocycles. The van der Waals surface area contributed by atoms with E-state index in [1.54, 1.807) is 4.90 Å². The fourth-order valence-corrected chi connectivity index (χ4v) is 4.94. The summed E-state index contributed by atoms with van der Waals surface area (Å²) in [7, 11) is -2.48. The van der Waals surface area contributed by atoms with Crippen molar-refractivity contribution in [2.24, 2.45) is 0 Å². The smallest absolute Gasteiger partial charge is 0.243 e. The highest BCUT2D eigenvalue weighted by Crippen LogP contribution is 2.31. The number of benzene rings is 2. The Labute approximate surface area is 178 Å². The third-order valence-electron chi connectivity index (χ3n) is 4.51. The number of hydrogen-bond acceptors (Lipinski definition) is 4. The first-order valence-corrected chi connectivity index (χ1v) is 11.3. The molecule has 6 nitrogen and oxygen atoms in total. The van der Waals surface area contributed by atoms with Gasteiger partial charge in [0.1, 0.15) is 5.75 Å². The number of rotatable bonds is 6. The lowest BCUT2D eigenvalue weighted by Gasteiger charge is -2.22. The SMILES string of the molecule is CCOc1ccc(S(=O)(=O)N(C)CC(=O)N2CCc3cc(Br)ccc32)cc1Cl. The summed E-state index contributed by atoms with van der Waals surface area (Å²) in [4.78, 5) is 14.4. The average molecular weight is 488 g/mol. The van der Waals surface area contributed by atoms with E-state index in [2.05, 4.69) is 15.9 Å². The summed E-state index contributed by atoms with van der Waals surface area (Å²) in [5.74, 6) is 0.144. The van der Waals surface area contributed by atoms with Gasteiger partial charge in [0.05, 0.1) is 23.1 Å². The minimum absolute atomic E-state index is 0.0157. The van der Waals surface area contributed by atoms with Gasteiger partial charge in [-0.2, -0.15) is 4.31 Å². The number of amides is 1. The molecule has 1 aliphatic rings. The molecule has 150 valence electrons. The maximum atomic E-state index is 12.8. The van der Waals surface area contributed by atoms with E-state index in [-0.39, 0.29) is 22.4 Å². The number of hydrogen-bond donors (Lipinski definition) is 0. The van der Waals surface area contributed by atoms with Crippen LogP contribution in [-0.2, 0) is 21.2 Å². The first kappa shape index (κ1) is 21.1. The number of sulfonamides is 1. The third-order valence-corrected chi connectivity index (χ3v) is 7.10. The van der Waals surface area contributed by atoms with Gasteiger partial charge in [0.2, 0.25) is 15.9 Å². The van der Waals surface area contributed by atoms with Gasteiger partial charge in [-0.3, -0.25) is 4.79 Å². The van der Waals surface area contributed by atoms with Crippen molar-refractivity contribution >= 4 is 49.1 Å². The van der Waals surface area contributed by atoms with E-state index in [1.165, 1.54) is 25.2 Å². The second-order valence-electron chi connectivity index (χ2n) is 6.35. The summed E-state index contributed by atoms with van der Waals surface area (Å²) < 4.78 is 33.0. The lowest BCUT2D eigenvalue weighted by Crippen LogP contribution is -2.40. The molecule has 0 bridgehead atoms. The van der Waals surface area contributed by atoms with Crippen molar-refractivity contribution in [1.29, 1.82) is 0 Å². The van der Waals surface area contributed by atoms with Gasteiger partial charge in [-0.05, 0) is 55.3 Å². The summed E-state index contributed by atoms with van der Waals surface area (Å²) >= 11 is 9.53. The first-order valence-electron chi connectivity index (χ1n) is 8.71. The maximum Gasteiger partial charge on any atom is 0.243 e. The fourth-order valence-electron chi connectivity index (χ4n) is 3.08. The quantitative estimate of drug-likeness (QED) is 0.623. The standard InChI is InChI=1S/C19H20BrClN2O4S/c1-3-27-18-7-5-15(11-16(18)21)28(25,26)22(2)12-19(24)23-9-8-13-10-14(20)4-6-17(13)23/h4-7,10-11H,3,8-9,12H2,1-2H3. The fraction of sp³-hybridized carbons (Fsp3) is 0.316. The van der Waals surface area contributed by atoms with Crippen LogP contribution in [0.15, 0.2) is 45.8 Å². The molecule has 0 spiro atoms. The molecule has 1 amide bonds. The number of carbonyl (C=O) groups excluding carboxylic acids is 1. The van der Waals surface area contributed by atoms with Gasteiger partial charge in [-0.15, -0.1) is 0 Å². The number of nitrogens with zero attached hydrogens (tertiary/aromatic N) is 2. The zero-order valence-corrected chi connectivity index (χ0v) is 18.6. The second-order valence-corrected chi connectivity index (χ2v) is 9.72. The number of anilines is 1. The Morgan fingerprint density at radius 2 is 2.04 bits per heavy atom. The largest absolute Gasteiger partial charge is 0.492 e. The number of halogens is 2. The van der Waals surface area contributed by atoms with Crippen molar-refractivity contribution in [3.05, 3.63) is 51.5 Å². The topological polar surface area (TPSA) is 66.9 Å². The molecule has 3 rings (SSSR count). The van der Waals surface area contributed by atoms with Gasteiger partial charge in [-0.1, -0.05) is 27.5 Å². The molecule has 1 aliphatic heterocycles. The zero-order chi connectivity index (χ0) is 20.5. The van der Waals surface area contributed by atoms with Crippen molar-refractivity contribution in [2.75, 3.05) is 31.6 Å². The molecular weight excluding hydrogens is 468 g/mol. The predicted octanol–water partition coefficient (Wildman–Crippen LogP) is 3.71. The molecule has 28 heavy (non-hydrogen) atoms. The molecule has 0 aromatic heterocycles. The van der Waals surface area contributed by atoms with Crippen LogP contribution in [0.4, 0.5) is 5.69 Å². The van der Waals surface area contributed by atoms with Gasteiger partial charge in [0.25, 0.3) is 0 Å². The van der Waals surface area contributed by atoms with Gasteiger partial charge >= 0.3 is 0 Å². The molecule has 0 unspecified atom stereocenters. The molecule has 0 saturated heterocycles. The average Bonchev–Trinajstić information content (AvgIpc) is 3.06. The Morgan fingerprint density at radius 1 is 1.29 bits per heavy atom. The van der Waals surface area contributed by atoms with E-state index < -0.39 is 10.0 Å². The Bertz CT molecular complexity index is 1010. The molecule has 0 radical (unpaired) electrons. The lowest BCUT2D eigenvalue weighted by atomic mass is 10.2. The van der Waals surface area contributed by atoms with E-state index >= 15 is 0 Å². The minimum Gasteiger partial charge on any atom is -0.492 e. The van der Waals surface area contributed by atoms with E-state index in [0.29, 0.717) is 18.9 Å². The summed E-state index contributed by atoms with van der Waals surface area (Å²) in [6.07, 6.45) is 0.742. The Balaban J connectivity index is 1.76. The molecule has 9 heteroatoms. The number of carbonyl (C=O) groups is 1. The van der Waals surface area contributed by atoms with Crippen LogP contribution >= 0.6 is 27.5 Å². The van der Waals surface area contributed by atoms with Crippen LogP contribution in [0.3, 0.4) is 0 Å². The molecule has 2 aromatic rings. The predicted molar refractivity (Wildman–Crippen MR) is 113 cm³/mol. The molecule has 0 atom stereocenters. The van der Waals surface area contributed by atoms with Gasteiger partial charge in [-0.25, -0.2) is 8.42 Å². The number of likely N-dealkylation sites (N-methyl/N-ethyl adjacent to an activating group) is 1. The van der Waals surface area contributed by atoms with Crippen LogP contribution in [0.5, 0.6) is 5.75 Å². The van der Waals surface area contributed by atoms with E-state index in [1.807, 2.05) is 25.1 Å². The summed E-state index contributed by atoms with van der Waals surface area (Å²) in [6.45, 7) is 2.51. The van der Waals surface area contributed by atoms with Crippen molar-refractivity contribution in [3.63, 3.8) is 0 Å². The van der Waals surface area contributed by atoms with Crippen LogP contribution < -0.4 is 9.64 Å². The monoisotopic (exact) mass is 486 g/mol. The lowest BCUT2D eigenvalue weighted by molar-refractivity contribution is -0.118. The van der Waals surface area contributed by atoms with Crippen molar-refractivity contribution in [3.8, 4) is 5.75 Å². The summed E-state index contributed by atoms with van der Waals surface area (Å²) in [5.41, 5.74) is 1.88. The van der Waals surface area contributed by atoms with Crippen LogP contribution in [0, 0.1) is 0 Å². The van der Waals surface area contributed by atoms with E-state index in [0.717, 1.165) is 26.4 Å². The highest BCUT2D eigenvalue weighted by Gasteiger charge is 2.29. The highest BCUT2D eigenvalue weighted by atomic mass is 79.9. The van der Waals surface area contributed by atoms with Crippen LogP contribution in [-0.4, -0.2) is 45.4 Å². The maximum absolute atomic E-state index is 12.8. The summed E-state index contributed by atoms with van der Waals surface area (Å²) in [6, 6.07) is 9.99. The minimum atomic E-state index is -3.86. The molecule has 0 fully saturated rings. The zero-order valence-electron chi connectivity index (χ0n) is 15.5. The van der Waals surface area contributed by atoms with Gasteiger partial charge in [0, 0.05) is 23.8 Å². The summed E-state index contributed by atoms with van der Waals surface area (Å²) in [5, 5.41) is 0.210. The van der Waals surface area contributed by atoms with Gasteiger partial charge in [0.15, 0.2) is 0 Å². The van der Waals surface area contributed by atoms with Crippen molar-refractivity contribution in [1.82, 2.24) is 4.31 Å². The number of ether oxygens (including phenoxy) is 1. The van der Waals surface area contributed by atoms with Crippen molar-refractivity contribution in [2.45, 2.75) is 18.2 Å². The van der Waals surface area contributed by atoms with Crippen LogP contribution in [0.2, 0.25) is 5.02 Å². The van der Waals surface area contributed by atoms with Crippen LogP contribution in [0.25, 0.3) is 0 Å². The Morgan fingerprint density at radius 3 is 2.71 bits per heavy atom. The third kappa shape index (κ3) is 4.20. The number of fused-ring (bicyclic) bond motifs is 1. The molecule has 0 aliphatic carbocycles. The molecule has 0 saturated carbocycles. The molecule has 1 heterocycles.